The van der Waals surface area contributed by atoms with Gasteiger partial charge in [0.05, 0.1) is 18.2 Å². The van der Waals surface area contributed by atoms with E-state index in [0.29, 0.717) is 42.0 Å². The molecule has 1 aromatic heterocycles. The number of aromatic nitrogens is 2. The van der Waals surface area contributed by atoms with Gasteiger partial charge in [-0.25, -0.2) is 4.39 Å². The zero-order valence-electron chi connectivity index (χ0n) is 13.6. The van der Waals surface area contributed by atoms with Crippen LogP contribution in [0.15, 0.2) is 22.7 Å². The third-order valence-electron chi connectivity index (χ3n) is 4.20. The molecule has 1 fully saturated rings. The highest BCUT2D eigenvalue weighted by Gasteiger charge is 2.21. The summed E-state index contributed by atoms with van der Waals surface area (Å²) in [5, 5.41) is 16.1. The van der Waals surface area contributed by atoms with Gasteiger partial charge in [0.25, 0.3) is 0 Å². The fraction of sp³-hybridized carbons (Fsp3) is 0.471. The molecule has 3 rings (SSSR count). The smallest absolute Gasteiger partial charge is 0.223 e. The average Bonchev–Trinajstić information content (AvgIpc) is 2.99. The van der Waals surface area contributed by atoms with Crippen LogP contribution in [-0.4, -0.2) is 34.2 Å². The molecule has 0 bridgehead atoms. The van der Waals surface area contributed by atoms with Gasteiger partial charge in [-0.05, 0) is 31.5 Å². The van der Waals surface area contributed by atoms with Crippen LogP contribution in [0.1, 0.15) is 35.7 Å². The first-order valence-corrected chi connectivity index (χ1v) is 8.07. The molecule has 24 heavy (non-hydrogen) atoms. The largest absolute Gasteiger partial charge is 0.340 e. The van der Waals surface area contributed by atoms with Crippen LogP contribution in [0.4, 0.5) is 4.39 Å². The summed E-state index contributed by atoms with van der Waals surface area (Å²) in [4.78, 5) is 6.51. The van der Waals surface area contributed by atoms with Gasteiger partial charge < -0.3 is 9.84 Å². The monoisotopic (exact) mass is 329 g/mol. The van der Waals surface area contributed by atoms with E-state index in [2.05, 4.69) is 20.4 Å². The maximum absolute atomic E-state index is 13.9. The molecule has 1 aliphatic rings. The van der Waals surface area contributed by atoms with E-state index in [1.807, 2.05) is 6.07 Å². The summed E-state index contributed by atoms with van der Waals surface area (Å²) in [6.07, 6.45) is 2.13. The van der Waals surface area contributed by atoms with Crippen molar-refractivity contribution in [2.24, 2.45) is 0 Å². The van der Waals surface area contributed by atoms with Gasteiger partial charge in [-0.15, -0.1) is 0 Å². The number of piperidine rings is 1. The summed E-state index contributed by atoms with van der Waals surface area (Å²) < 4.78 is 18.9. The highest BCUT2D eigenvalue weighted by molar-refractivity contribution is 5.32. The van der Waals surface area contributed by atoms with Crippen LogP contribution in [0.2, 0.25) is 0 Å². The molecule has 6 nitrogen and oxygen atoms in total. The third-order valence-corrected chi connectivity index (χ3v) is 4.20. The second-order valence-corrected chi connectivity index (χ2v) is 6.10. The molecular formula is C17H20FN5O. The molecule has 0 radical (unpaired) electrons. The fourth-order valence-corrected chi connectivity index (χ4v) is 2.99. The van der Waals surface area contributed by atoms with Crippen molar-refractivity contribution in [3.8, 4) is 6.07 Å². The third kappa shape index (κ3) is 4.16. The Morgan fingerprint density at radius 1 is 1.50 bits per heavy atom. The lowest BCUT2D eigenvalue weighted by Gasteiger charge is -2.32. The Balaban J connectivity index is 1.53. The fourth-order valence-electron chi connectivity index (χ4n) is 2.99. The maximum Gasteiger partial charge on any atom is 0.223 e. The molecule has 0 spiro atoms. The summed E-state index contributed by atoms with van der Waals surface area (Å²) >= 11 is 0. The first-order valence-electron chi connectivity index (χ1n) is 8.07. The molecule has 2 aromatic rings. The van der Waals surface area contributed by atoms with E-state index in [9.17, 15) is 4.39 Å². The molecule has 7 heteroatoms. The maximum atomic E-state index is 13.9. The van der Waals surface area contributed by atoms with E-state index in [1.54, 1.807) is 19.1 Å². The Kier molecular flexibility index (Phi) is 5.18. The van der Waals surface area contributed by atoms with Crippen molar-refractivity contribution in [2.45, 2.75) is 38.9 Å². The number of likely N-dealkylation sites (tertiary alicyclic amines) is 1. The van der Waals surface area contributed by atoms with Gasteiger partial charge in [0.15, 0.2) is 5.82 Å². The summed E-state index contributed by atoms with van der Waals surface area (Å²) in [5.74, 6) is 0.941. The molecule has 1 unspecified atom stereocenters. The summed E-state index contributed by atoms with van der Waals surface area (Å²) in [7, 11) is 0. The van der Waals surface area contributed by atoms with E-state index < -0.39 is 0 Å². The molecular weight excluding hydrogens is 309 g/mol. The minimum atomic E-state index is -0.337. The lowest BCUT2D eigenvalue weighted by atomic mass is 10.0. The van der Waals surface area contributed by atoms with Gasteiger partial charge >= 0.3 is 0 Å². The second-order valence-electron chi connectivity index (χ2n) is 6.10. The van der Waals surface area contributed by atoms with Crippen LogP contribution in [-0.2, 0) is 13.1 Å². The predicted molar refractivity (Wildman–Crippen MR) is 85.3 cm³/mol. The van der Waals surface area contributed by atoms with Crippen molar-refractivity contribution in [1.29, 1.82) is 5.26 Å². The van der Waals surface area contributed by atoms with Crippen molar-refractivity contribution >= 4 is 0 Å². The second kappa shape index (κ2) is 7.51. The van der Waals surface area contributed by atoms with E-state index in [4.69, 9.17) is 9.78 Å². The van der Waals surface area contributed by atoms with Crippen LogP contribution in [0.3, 0.4) is 0 Å². The van der Waals surface area contributed by atoms with Gasteiger partial charge in [0.2, 0.25) is 5.89 Å². The standard InChI is InChI=1S/C17H20FN5O/c1-12-21-17(22-24-12)11-23-6-2-3-15(10-23)20-9-14-5-4-13(8-19)7-16(14)18/h4-5,7,15,20H,2-3,6,9-11H2,1H3. The highest BCUT2D eigenvalue weighted by atomic mass is 19.1. The Morgan fingerprint density at radius 3 is 3.08 bits per heavy atom. The van der Waals surface area contributed by atoms with Crippen LogP contribution in [0.25, 0.3) is 0 Å². The van der Waals surface area contributed by atoms with Gasteiger partial charge in [-0.1, -0.05) is 11.2 Å². The molecule has 1 atom stereocenters. The van der Waals surface area contributed by atoms with Gasteiger partial charge in [-0.2, -0.15) is 10.2 Å². The molecule has 0 saturated carbocycles. The van der Waals surface area contributed by atoms with E-state index in [-0.39, 0.29) is 5.82 Å². The van der Waals surface area contributed by atoms with Crippen molar-refractivity contribution in [2.75, 3.05) is 13.1 Å². The minimum absolute atomic E-state index is 0.293. The normalized spacial score (nSPS) is 18.5. The minimum Gasteiger partial charge on any atom is -0.340 e. The lowest BCUT2D eigenvalue weighted by molar-refractivity contribution is 0.177. The number of aryl methyl sites for hydroxylation is 1. The average molecular weight is 329 g/mol. The first kappa shape index (κ1) is 16.6. The van der Waals surface area contributed by atoms with Crippen molar-refractivity contribution in [1.82, 2.24) is 20.4 Å². The molecule has 0 aliphatic carbocycles. The molecule has 1 N–H and O–H groups in total. The van der Waals surface area contributed by atoms with Crippen molar-refractivity contribution < 1.29 is 8.91 Å². The van der Waals surface area contributed by atoms with Crippen LogP contribution in [0, 0.1) is 24.1 Å². The first-order chi connectivity index (χ1) is 11.6. The zero-order valence-corrected chi connectivity index (χ0v) is 13.6. The number of benzene rings is 1. The number of hydrogen-bond donors (Lipinski definition) is 1. The van der Waals surface area contributed by atoms with Crippen LogP contribution in [0.5, 0.6) is 0 Å². The Hall–Kier alpha value is -2.30. The zero-order chi connectivity index (χ0) is 16.9. The topological polar surface area (TPSA) is 78.0 Å². The number of nitrogens with one attached hydrogen (secondary N) is 1. The predicted octanol–water partition coefficient (Wildman–Crippen LogP) is 2.14. The SMILES string of the molecule is Cc1nc(CN2CCCC(NCc3ccc(C#N)cc3F)C2)no1. The van der Waals surface area contributed by atoms with E-state index in [1.165, 1.54) is 6.07 Å². The van der Waals surface area contributed by atoms with Crippen molar-refractivity contribution in [3.63, 3.8) is 0 Å². The summed E-state index contributed by atoms with van der Waals surface area (Å²) in [6, 6.07) is 6.83. The van der Waals surface area contributed by atoms with E-state index >= 15 is 0 Å². The number of nitrogens with zero attached hydrogens (tertiary/aromatic N) is 4. The summed E-state index contributed by atoms with van der Waals surface area (Å²) in [6.45, 7) is 4.77. The number of nitriles is 1. The Morgan fingerprint density at radius 2 is 2.38 bits per heavy atom. The van der Waals surface area contributed by atoms with Crippen molar-refractivity contribution in [3.05, 3.63) is 46.9 Å². The molecule has 126 valence electrons. The number of rotatable bonds is 5. The number of hydrogen-bond acceptors (Lipinski definition) is 6. The quantitative estimate of drug-likeness (QED) is 0.905. The number of halogens is 1. The van der Waals surface area contributed by atoms with Crippen LogP contribution < -0.4 is 5.32 Å². The Labute approximate surface area is 140 Å². The van der Waals surface area contributed by atoms with Gasteiger partial charge in [0, 0.05) is 31.6 Å². The molecule has 2 heterocycles. The molecule has 0 amide bonds. The molecule has 1 saturated heterocycles. The van der Waals surface area contributed by atoms with Gasteiger partial charge in [0.1, 0.15) is 5.82 Å². The summed E-state index contributed by atoms with van der Waals surface area (Å²) in [5.41, 5.74) is 0.926. The molecule has 1 aromatic carbocycles. The Bertz CT molecular complexity index is 739. The highest BCUT2D eigenvalue weighted by Crippen LogP contribution is 2.15. The molecule has 1 aliphatic heterocycles. The lowest BCUT2D eigenvalue weighted by Crippen LogP contribution is -2.45. The van der Waals surface area contributed by atoms with E-state index in [0.717, 1.165) is 25.9 Å². The van der Waals surface area contributed by atoms with Crippen LogP contribution >= 0.6 is 0 Å². The van der Waals surface area contributed by atoms with Gasteiger partial charge in [-0.3, -0.25) is 4.90 Å².